The summed E-state index contributed by atoms with van der Waals surface area (Å²) in [6.45, 7) is 4.74. The lowest BCUT2D eigenvalue weighted by Gasteiger charge is -2.09. The van der Waals surface area contributed by atoms with Gasteiger partial charge in [-0.25, -0.2) is 0 Å². The fourth-order valence-corrected chi connectivity index (χ4v) is 2.32. The topological polar surface area (TPSA) is 12.0 Å². The Morgan fingerprint density at radius 3 is 3.00 bits per heavy atom. The lowest BCUT2D eigenvalue weighted by molar-refractivity contribution is 0.539. The van der Waals surface area contributed by atoms with E-state index in [0.717, 1.165) is 30.8 Å². The lowest BCUT2D eigenvalue weighted by atomic mass is 10.1. The molecular formula is C13H16ClN. The number of hydrogen-bond donors (Lipinski definition) is 1. The summed E-state index contributed by atoms with van der Waals surface area (Å²) in [7, 11) is 0. The van der Waals surface area contributed by atoms with E-state index in [1.54, 1.807) is 0 Å². The van der Waals surface area contributed by atoms with Crippen molar-refractivity contribution in [1.29, 1.82) is 0 Å². The van der Waals surface area contributed by atoms with Crippen molar-refractivity contribution < 1.29 is 0 Å². The van der Waals surface area contributed by atoms with Crippen LogP contribution < -0.4 is 5.32 Å². The maximum Gasteiger partial charge on any atom is 0.0408 e. The number of halogens is 1. The molecular weight excluding hydrogens is 206 g/mol. The predicted molar refractivity (Wildman–Crippen MR) is 65.5 cm³/mol. The van der Waals surface area contributed by atoms with Crippen molar-refractivity contribution >= 4 is 11.6 Å². The zero-order valence-corrected chi connectivity index (χ0v) is 9.56. The molecule has 1 aromatic rings. The molecule has 0 aliphatic heterocycles. The molecule has 0 bridgehead atoms. The fourth-order valence-electron chi connectivity index (χ4n) is 2.12. The van der Waals surface area contributed by atoms with Crippen LogP contribution in [0.1, 0.15) is 17.5 Å². The largest absolute Gasteiger partial charge is 0.313 e. The summed E-state index contributed by atoms with van der Waals surface area (Å²) in [5.41, 5.74) is 2.84. The number of nitrogens with one attached hydrogen (secondary N) is 1. The van der Waals surface area contributed by atoms with Crippen LogP contribution in [0.2, 0.25) is 5.02 Å². The first-order chi connectivity index (χ1) is 7.29. The molecule has 0 amide bonds. The van der Waals surface area contributed by atoms with Gasteiger partial charge < -0.3 is 5.32 Å². The molecule has 1 atom stereocenters. The van der Waals surface area contributed by atoms with Crippen LogP contribution in [0, 0.1) is 0 Å². The summed E-state index contributed by atoms with van der Waals surface area (Å²) in [6.07, 6.45) is 5.22. The van der Waals surface area contributed by atoms with Crippen molar-refractivity contribution in [3.05, 3.63) is 47.0 Å². The van der Waals surface area contributed by atoms with Gasteiger partial charge in [0.25, 0.3) is 0 Å². The minimum absolute atomic E-state index is 0.582. The maximum atomic E-state index is 5.96. The molecule has 0 saturated heterocycles. The highest BCUT2D eigenvalue weighted by Crippen LogP contribution is 2.25. The molecule has 1 nitrogen and oxygen atoms in total. The molecule has 15 heavy (non-hydrogen) atoms. The summed E-state index contributed by atoms with van der Waals surface area (Å²) in [4.78, 5) is 0. The van der Waals surface area contributed by atoms with Gasteiger partial charge in [0.05, 0.1) is 0 Å². The Hall–Kier alpha value is -0.790. The van der Waals surface area contributed by atoms with E-state index < -0.39 is 0 Å². The van der Waals surface area contributed by atoms with Gasteiger partial charge in [-0.2, -0.15) is 0 Å². The highest BCUT2D eigenvalue weighted by molar-refractivity contribution is 6.30. The van der Waals surface area contributed by atoms with Crippen molar-refractivity contribution in [3.63, 3.8) is 0 Å². The SMILES string of the molecule is C=CCCNC1Cc2ccc(Cl)cc2C1. The van der Waals surface area contributed by atoms with Gasteiger partial charge in [0.2, 0.25) is 0 Å². The zero-order chi connectivity index (χ0) is 10.7. The van der Waals surface area contributed by atoms with Gasteiger partial charge in [0.1, 0.15) is 0 Å². The molecule has 2 rings (SSSR count). The zero-order valence-electron chi connectivity index (χ0n) is 8.80. The quantitative estimate of drug-likeness (QED) is 0.609. The van der Waals surface area contributed by atoms with Gasteiger partial charge in [-0.1, -0.05) is 23.7 Å². The molecule has 1 unspecified atom stereocenters. The van der Waals surface area contributed by atoms with E-state index in [-0.39, 0.29) is 0 Å². The first kappa shape index (κ1) is 10.7. The van der Waals surface area contributed by atoms with Crippen LogP contribution in [0.5, 0.6) is 0 Å². The summed E-state index contributed by atoms with van der Waals surface area (Å²) >= 11 is 5.96. The van der Waals surface area contributed by atoms with E-state index in [0.29, 0.717) is 6.04 Å². The Morgan fingerprint density at radius 2 is 2.20 bits per heavy atom. The molecule has 0 heterocycles. The van der Waals surface area contributed by atoms with E-state index in [9.17, 15) is 0 Å². The molecule has 1 N–H and O–H groups in total. The number of rotatable bonds is 4. The monoisotopic (exact) mass is 221 g/mol. The third-order valence-corrected chi connectivity index (χ3v) is 3.12. The highest BCUT2D eigenvalue weighted by Gasteiger charge is 2.20. The van der Waals surface area contributed by atoms with Crippen molar-refractivity contribution in [2.75, 3.05) is 6.54 Å². The summed E-state index contributed by atoms with van der Waals surface area (Å²) in [5.74, 6) is 0. The van der Waals surface area contributed by atoms with Crippen LogP contribution in [0.3, 0.4) is 0 Å². The second kappa shape index (κ2) is 4.82. The maximum absolute atomic E-state index is 5.96. The van der Waals surface area contributed by atoms with Crippen molar-refractivity contribution in [2.45, 2.75) is 25.3 Å². The van der Waals surface area contributed by atoms with Gasteiger partial charge in [0.15, 0.2) is 0 Å². The van der Waals surface area contributed by atoms with Crippen molar-refractivity contribution in [1.82, 2.24) is 5.32 Å². The van der Waals surface area contributed by atoms with Gasteiger partial charge in [-0.05, 0) is 49.1 Å². The molecule has 1 aliphatic carbocycles. The molecule has 0 fully saturated rings. The van der Waals surface area contributed by atoms with Gasteiger partial charge in [-0.15, -0.1) is 6.58 Å². The summed E-state index contributed by atoms with van der Waals surface area (Å²) in [6, 6.07) is 6.80. The normalized spacial score (nSPS) is 18.9. The molecule has 2 heteroatoms. The standard InChI is InChI=1S/C13H16ClN/c1-2-3-6-15-13-8-10-4-5-12(14)7-11(10)9-13/h2,4-5,7,13,15H,1,3,6,8-9H2. The van der Waals surface area contributed by atoms with Crippen LogP contribution >= 0.6 is 11.6 Å². The van der Waals surface area contributed by atoms with Gasteiger partial charge in [-0.3, -0.25) is 0 Å². The molecule has 0 radical (unpaired) electrons. The molecule has 80 valence electrons. The van der Waals surface area contributed by atoms with E-state index in [1.165, 1.54) is 11.1 Å². The minimum Gasteiger partial charge on any atom is -0.313 e. The van der Waals surface area contributed by atoms with E-state index in [4.69, 9.17) is 11.6 Å². The Kier molecular flexibility index (Phi) is 3.45. The fraction of sp³-hybridized carbons (Fsp3) is 0.385. The smallest absolute Gasteiger partial charge is 0.0408 e. The molecule has 0 aromatic heterocycles. The Morgan fingerprint density at radius 1 is 1.40 bits per heavy atom. The van der Waals surface area contributed by atoms with E-state index in [1.807, 2.05) is 12.1 Å². The average Bonchev–Trinajstić information content (AvgIpc) is 2.60. The third-order valence-electron chi connectivity index (χ3n) is 2.88. The molecule has 0 saturated carbocycles. The van der Waals surface area contributed by atoms with Crippen LogP contribution in [0.25, 0.3) is 0 Å². The predicted octanol–water partition coefficient (Wildman–Crippen LogP) is 2.97. The van der Waals surface area contributed by atoms with Crippen molar-refractivity contribution in [3.8, 4) is 0 Å². The van der Waals surface area contributed by atoms with E-state index in [2.05, 4.69) is 24.0 Å². The number of hydrogen-bond acceptors (Lipinski definition) is 1. The molecule has 0 spiro atoms. The van der Waals surface area contributed by atoms with Gasteiger partial charge >= 0.3 is 0 Å². The Bertz CT molecular complexity index is 360. The van der Waals surface area contributed by atoms with Crippen LogP contribution in [0.4, 0.5) is 0 Å². The first-order valence-electron chi connectivity index (χ1n) is 5.41. The highest BCUT2D eigenvalue weighted by atomic mass is 35.5. The third kappa shape index (κ3) is 2.61. The first-order valence-corrected chi connectivity index (χ1v) is 5.79. The summed E-state index contributed by atoms with van der Waals surface area (Å²) < 4.78 is 0. The minimum atomic E-state index is 0.582. The molecule has 1 aliphatic rings. The number of fused-ring (bicyclic) bond motifs is 1. The van der Waals surface area contributed by atoms with Crippen LogP contribution in [-0.4, -0.2) is 12.6 Å². The summed E-state index contributed by atoms with van der Waals surface area (Å²) in [5, 5.41) is 4.38. The Balaban J connectivity index is 1.94. The Labute approximate surface area is 96.1 Å². The lowest BCUT2D eigenvalue weighted by Crippen LogP contribution is -2.30. The molecule has 1 aromatic carbocycles. The van der Waals surface area contributed by atoms with Crippen LogP contribution in [-0.2, 0) is 12.8 Å². The van der Waals surface area contributed by atoms with Crippen molar-refractivity contribution in [2.24, 2.45) is 0 Å². The number of benzene rings is 1. The second-order valence-corrected chi connectivity index (χ2v) is 4.49. The second-order valence-electron chi connectivity index (χ2n) is 4.05. The van der Waals surface area contributed by atoms with Gasteiger partial charge in [0, 0.05) is 11.1 Å². The van der Waals surface area contributed by atoms with Crippen LogP contribution in [0.15, 0.2) is 30.9 Å². The average molecular weight is 222 g/mol. The van der Waals surface area contributed by atoms with E-state index >= 15 is 0 Å².